The minimum absolute atomic E-state index is 0.239. The first-order valence-electron chi connectivity index (χ1n) is 5.67. The molecule has 0 radical (unpaired) electrons. The fourth-order valence-electron chi connectivity index (χ4n) is 1.97. The van der Waals surface area contributed by atoms with Gasteiger partial charge in [0, 0.05) is 5.56 Å². The zero-order chi connectivity index (χ0) is 13.4. The Morgan fingerprint density at radius 3 is 2.79 bits per heavy atom. The van der Waals surface area contributed by atoms with Crippen LogP contribution in [0.25, 0.3) is 0 Å². The average Bonchev–Trinajstić information content (AvgIpc) is 2.42. The van der Waals surface area contributed by atoms with E-state index in [1.807, 2.05) is 12.2 Å². The molecule has 0 aromatic heterocycles. The molecule has 1 amide bonds. The summed E-state index contributed by atoms with van der Waals surface area (Å²) in [7, 11) is 0. The topological polar surface area (TPSA) is 41.8 Å². The van der Waals surface area contributed by atoms with Crippen LogP contribution in [0.15, 0.2) is 52.5 Å². The van der Waals surface area contributed by atoms with Crippen LogP contribution < -0.4 is 0 Å². The van der Waals surface area contributed by atoms with E-state index in [0.29, 0.717) is 27.2 Å². The fraction of sp³-hybridized carbons (Fsp3) is 0.0714. The van der Waals surface area contributed by atoms with Gasteiger partial charge in [0.1, 0.15) is 5.92 Å². The summed E-state index contributed by atoms with van der Waals surface area (Å²) >= 11 is 12.1. The van der Waals surface area contributed by atoms with Gasteiger partial charge in [0.05, 0.1) is 15.8 Å². The third kappa shape index (κ3) is 2.15. The summed E-state index contributed by atoms with van der Waals surface area (Å²) in [5.41, 5.74) is 1.24. The van der Waals surface area contributed by atoms with Crippen LogP contribution in [0, 0.1) is 5.92 Å². The number of benzene rings is 1. The van der Waals surface area contributed by atoms with Crippen molar-refractivity contribution >= 4 is 40.7 Å². The summed E-state index contributed by atoms with van der Waals surface area (Å²) in [4.78, 5) is 20.4. The number of carbonyl (C=O) groups is 1. The third-order valence-electron chi connectivity index (χ3n) is 2.91. The highest BCUT2D eigenvalue weighted by Crippen LogP contribution is 2.28. The molecule has 19 heavy (non-hydrogen) atoms. The minimum Gasteiger partial charge on any atom is -0.271 e. The van der Waals surface area contributed by atoms with Gasteiger partial charge < -0.3 is 0 Å². The normalized spacial score (nSPS) is 20.9. The maximum absolute atomic E-state index is 12.0. The molecule has 0 spiro atoms. The van der Waals surface area contributed by atoms with E-state index in [0.717, 1.165) is 0 Å². The summed E-state index contributed by atoms with van der Waals surface area (Å²) in [5, 5.41) is 0.768. The molecule has 2 aliphatic rings. The highest BCUT2D eigenvalue weighted by Gasteiger charge is 2.27. The molecule has 1 unspecified atom stereocenters. The highest BCUT2D eigenvalue weighted by molar-refractivity contribution is 6.44. The molecule has 5 heteroatoms. The van der Waals surface area contributed by atoms with Gasteiger partial charge in [0.25, 0.3) is 5.91 Å². The zero-order valence-electron chi connectivity index (χ0n) is 9.68. The van der Waals surface area contributed by atoms with Crippen molar-refractivity contribution in [1.82, 2.24) is 0 Å². The monoisotopic (exact) mass is 290 g/mol. The minimum atomic E-state index is -0.383. The lowest BCUT2D eigenvalue weighted by molar-refractivity contribution is -0.118. The molecule has 94 valence electrons. The second kappa shape index (κ2) is 4.76. The molecular formula is C14H8Cl2N2O. The van der Waals surface area contributed by atoms with E-state index in [2.05, 4.69) is 9.98 Å². The number of amidine groups is 1. The Balaban J connectivity index is 2.10. The summed E-state index contributed by atoms with van der Waals surface area (Å²) in [6.07, 6.45) is 7.23. The van der Waals surface area contributed by atoms with Gasteiger partial charge in [0.2, 0.25) is 0 Å². The zero-order valence-corrected chi connectivity index (χ0v) is 11.2. The molecular weight excluding hydrogens is 283 g/mol. The Labute approximate surface area is 120 Å². The number of amides is 1. The predicted octanol–water partition coefficient (Wildman–Crippen LogP) is 3.46. The molecule has 1 aliphatic heterocycles. The molecule has 3 rings (SSSR count). The Kier molecular flexibility index (Phi) is 3.09. The number of rotatable bonds is 1. The fourth-order valence-corrected chi connectivity index (χ4v) is 2.35. The lowest BCUT2D eigenvalue weighted by Gasteiger charge is -2.18. The number of nitrogens with zero attached hydrogens (tertiary/aromatic N) is 2. The van der Waals surface area contributed by atoms with Crippen molar-refractivity contribution in [3.8, 4) is 0 Å². The van der Waals surface area contributed by atoms with Crippen molar-refractivity contribution in [2.24, 2.45) is 15.9 Å². The van der Waals surface area contributed by atoms with Crippen molar-refractivity contribution in [1.29, 1.82) is 0 Å². The van der Waals surface area contributed by atoms with E-state index in [9.17, 15) is 4.79 Å². The van der Waals surface area contributed by atoms with Crippen LogP contribution in [0.5, 0.6) is 0 Å². The SMILES string of the molecule is O=C1N=C(c2cccc(Cl)c2Cl)N=C2C=CC=CC12. The van der Waals surface area contributed by atoms with E-state index in [-0.39, 0.29) is 11.8 Å². The van der Waals surface area contributed by atoms with Gasteiger partial charge in [-0.2, -0.15) is 4.99 Å². The quantitative estimate of drug-likeness (QED) is 0.781. The van der Waals surface area contributed by atoms with Crippen molar-refractivity contribution in [3.05, 3.63) is 58.1 Å². The van der Waals surface area contributed by atoms with E-state index in [1.54, 1.807) is 30.4 Å². The number of aliphatic imine (C=N–C) groups is 2. The number of hydrogen-bond acceptors (Lipinski definition) is 2. The van der Waals surface area contributed by atoms with Crippen LogP contribution in [0.3, 0.4) is 0 Å². The Morgan fingerprint density at radius 1 is 1.11 bits per heavy atom. The molecule has 1 heterocycles. The maximum Gasteiger partial charge on any atom is 0.260 e. The van der Waals surface area contributed by atoms with E-state index in [4.69, 9.17) is 23.2 Å². The first-order chi connectivity index (χ1) is 9.16. The van der Waals surface area contributed by atoms with Gasteiger partial charge in [-0.15, -0.1) is 0 Å². The van der Waals surface area contributed by atoms with E-state index < -0.39 is 0 Å². The molecule has 1 aliphatic carbocycles. The number of hydrogen-bond donors (Lipinski definition) is 0. The smallest absolute Gasteiger partial charge is 0.260 e. The molecule has 1 aromatic rings. The molecule has 3 nitrogen and oxygen atoms in total. The van der Waals surface area contributed by atoms with Crippen molar-refractivity contribution in [2.75, 3.05) is 0 Å². The largest absolute Gasteiger partial charge is 0.271 e. The van der Waals surface area contributed by atoms with Crippen molar-refractivity contribution in [2.45, 2.75) is 0 Å². The van der Waals surface area contributed by atoms with Gasteiger partial charge in [-0.1, -0.05) is 47.5 Å². The van der Waals surface area contributed by atoms with Crippen molar-refractivity contribution < 1.29 is 4.79 Å². The highest BCUT2D eigenvalue weighted by atomic mass is 35.5. The van der Waals surface area contributed by atoms with Gasteiger partial charge in [-0.25, -0.2) is 4.99 Å². The van der Waals surface area contributed by atoms with E-state index >= 15 is 0 Å². The second-order valence-electron chi connectivity index (χ2n) is 4.13. The third-order valence-corrected chi connectivity index (χ3v) is 3.73. The molecule has 0 bridgehead atoms. The first-order valence-corrected chi connectivity index (χ1v) is 6.43. The summed E-state index contributed by atoms with van der Waals surface area (Å²) in [6, 6.07) is 5.17. The predicted molar refractivity (Wildman–Crippen MR) is 77.2 cm³/mol. The van der Waals surface area contributed by atoms with Crippen molar-refractivity contribution in [3.63, 3.8) is 0 Å². The first kappa shape index (κ1) is 12.3. The number of halogens is 2. The number of fused-ring (bicyclic) bond motifs is 1. The van der Waals surface area contributed by atoms with Crippen LogP contribution in [-0.4, -0.2) is 17.5 Å². The standard InChI is InChI=1S/C14H8Cl2N2O/c15-10-6-3-5-9(12(10)16)13-17-11-7-2-1-4-8(11)14(19)18-13/h1-8H. The molecule has 0 fully saturated rings. The summed E-state index contributed by atoms with van der Waals surface area (Å²) in [6.45, 7) is 0. The molecule has 1 aromatic carbocycles. The van der Waals surface area contributed by atoms with Gasteiger partial charge in [-0.05, 0) is 18.2 Å². The average molecular weight is 291 g/mol. The Morgan fingerprint density at radius 2 is 1.95 bits per heavy atom. The van der Waals surface area contributed by atoms with Gasteiger partial charge in [0.15, 0.2) is 5.84 Å². The Bertz CT molecular complexity index is 687. The maximum atomic E-state index is 12.0. The van der Waals surface area contributed by atoms with Gasteiger partial charge in [-0.3, -0.25) is 4.79 Å². The van der Waals surface area contributed by atoms with Crippen LogP contribution >= 0.6 is 23.2 Å². The second-order valence-corrected chi connectivity index (χ2v) is 4.92. The van der Waals surface area contributed by atoms with Crippen LogP contribution in [0.4, 0.5) is 0 Å². The molecule has 0 saturated heterocycles. The molecule has 0 saturated carbocycles. The molecule has 0 N–H and O–H groups in total. The van der Waals surface area contributed by atoms with E-state index in [1.165, 1.54) is 0 Å². The summed E-state index contributed by atoms with van der Waals surface area (Å²) in [5.74, 6) is -0.313. The Hall–Kier alpha value is -1.71. The lowest BCUT2D eigenvalue weighted by Crippen LogP contribution is -2.27. The number of carbonyl (C=O) groups excluding carboxylic acids is 1. The number of allylic oxidation sites excluding steroid dienone is 3. The van der Waals surface area contributed by atoms with Crippen LogP contribution in [-0.2, 0) is 4.79 Å². The van der Waals surface area contributed by atoms with Gasteiger partial charge >= 0.3 is 0 Å². The lowest BCUT2D eigenvalue weighted by atomic mass is 9.96. The summed E-state index contributed by atoms with van der Waals surface area (Å²) < 4.78 is 0. The molecule has 1 atom stereocenters. The van der Waals surface area contributed by atoms with Crippen LogP contribution in [0.1, 0.15) is 5.56 Å². The van der Waals surface area contributed by atoms with Crippen LogP contribution in [0.2, 0.25) is 10.0 Å².